The molecule has 0 aliphatic rings. The lowest BCUT2D eigenvalue weighted by atomic mass is 10.1. The second-order valence-electron chi connectivity index (χ2n) is 4.71. The molecule has 1 aromatic carbocycles. The number of amides is 1. The number of nitrogens with zero attached hydrogens (tertiary/aromatic N) is 2. The zero-order chi connectivity index (χ0) is 14.7. The Balaban J connectivity index is 2.15. The maximum absolute atomic E-state index is 12.1. The molecule has 1 heterocycles. The molecule has 0 bridgehead atoms. The molecule has 3 N–H and O–H groups in total. The predicted molar refractivity (Wildman–Crippen MR) is 78.0 cm³/mol. The van der Waals surface area contributed by atoms with E-state index in [9.17, 15) is 4.79 Å². The van der Waals surface area contributed by atoms with Gasteiger partial charge < -0.3 is 15.8 Å². The van der Waals surface area contributed by atoms with Gasteiger partial charge in [0.25, 0.3) is 5.91 Å². The Morgan fingerprint density at radius 2 is 2.20 bits per heavy atom. The van der Waals surface area contributed by atoms with Crippen LogP contribution in [0.1, 0.15) is 30.2 Å². The van der Waals surface area contributed by atoms with Crippen LogP contribution in [0.2, 0.25) is 0 Å². The minimum Gasteiger partial charge on any atom is -0.497 e. The zero-order valence-electron chi connectivity index (χ0n) is 11.8. The van der Waals surface area contributed by atoms with Crippen molar-refractivity contribution in [1.82, 2.24) is 9.78 Å². The van der Waals surface area contributed by atoms with E-state index in [1.54, 1.807) is 42.4 Å². The van der Waals surface area contributed by atoms with Crippen molar-refractivity contribution in [1.29, 1.82) is 0 Å². The van der Waals surface area contributed by atoms with Gasteiger partial charge in [-0.25, -0.2) is 0 Å². The average molecular weight is 274 g/mol. The van der Waals surface area contributed by atoms with E-state index in [1.165, 1.54) is 0 Å². The number of nitrogens with two attached hydrogens (primary N) is 1. The van der Waals surface area contributed by atoms with E-state index in [1.807, 2.05) is 13.8 Å². The zero-order valence-corrected chi connectivity index (χ0v) is 11.8. The molecule has 106 valence electrons. The van der Waals surface area contributed by atoms with Crippen LogP contribution in [0, 0.1) is 0 Å². The Hall–Kier alpha value is -2.50. The van der Waals surface area contributed by atoms with Crippen LogP contribution < -0.4 is 15.8 Å². The topological polar surface area (TPSA) is 82.2 Å². The number of anilines is 2. The molecule has 0 radical (unpaired) electrons. The number of ether oxygens (including phenoxy) is 1. The van der Waals surface area contributed by atoms with Crippen molar-refractivity contribution in [2.24, 2.45) is 0 Å². The Morgan fingerprint density at radius 3 is 2.75 bits per heavy atom. The monoisotopic (exact) mass is 274 g/mol. The number of carbonyl (C=O) groups is 1. The number of hydrogen-bond donors (Lipinski definition) is 2. The second-order valence-corrected chi connectivity index (χ2v) is 4.71. The number of rotatable bonds is 4. The van der Waals surface area contributed by atoms with Gasteiger partial charge in [0.2, 0.25) is 0 Å². The summed E-state index contributed by atoms with van der Waals surface area (Å²) in [6.45, 7) is 4.03. The molecule has 0 fully saturated rings. The first-order chi connectivity index (χ1) is 9.51. The van der Waals surface area contributed by atoms with Crippen LogP contribution in [0.25, 0.3) is 0 Å². The van der Waals surface area contributed by atoms with Gasteiger partial charge in [0.05, 0.1) is 24.6 Å². The van der Waals surface area contributed by atoms with E-state index in [-0.39, 0.29) is 11.9 Å². The molecule has 6 heteroatoms. The van der Waals surface area contributed by atoms with E-state index in [2.05, 4.69) is 10.4 Å². The van der Waals surface area contributed by atoms with Gasteiger partial charge in [0, 0.05) is 24.0 Å². The molecule has 2 aromatic rings. The van der Waals surface area contributed by atoms with Gasteiger partial charge in [-0.05, 0) is 26.0 Å². The molecule has 0 saturated carbocycles. The molecular weight excluding hydrogens is 256 g/mol. The summed E-state index contributed by atoms with van der Waals surface area (Å²) >= 11 is 0. The van der Waals surface area contributed by atoms with Crippen LogP contribution in [0.3, 0.4) is 0 Å². The number of aromatic nitrogens is 2. The summed E-state index contributed by atoms with van der Waals surface area (Å²) in [6, 6.07) is 5.19. The molecule has 0 aliphatic carbocycles. The summed E-state index contributed by atoms with van der Waals surface area (Å²) in [7, 11) is 1.55. The van der Waals surface area contributed by atoms with Crippen molar-refractivity contribution < 1.29 is 9.53 Å². The summed E-state index contributed by atoms with van der Waals surface area (Å²) in [5.74, 6) is 0.347. The number of methoxy groups -OCH3 is 1. The lowest BCUT2D eigenvalue weighted by molar-refractivity contribution is 0.102. The third kappa shape index (κ3) is 2.90. The molecule has 1 amide bonds. The predicted octanol–water partition coefficient (Wildman–Crippen LogP) is 2.31. The first kappa shape index (κ1) is 13.9. The van der Waals surface area contributed by atoms with Gasteiger partial charge in [0.1, 0.15) is 5.75 Å². The number of carbonyl (C=O) groups excluding carboxylic acids is 1. The third-order valence-electron chi connectivity index (χ3n) is 2.89. The Bertz CT molecular complexity index is 619. The van der Waals surface area contributed by atoms with E-state index in [0.29, 0.717) is 22.7 Å². The molecule has 1 aromatic heterocycles. The van der Waals surface area contributed by atoms with Crippen molar-refractivity contribution in [3.8, 4) is 5.75 Å². The minimum absolute atomic E-state index is 0.242. The molecule has 20 heavy (non-hydrogen) atoms. The fourth-order valence-corrected chi connectivity index (χ4v) is 1.76. The summed E-state index contributed by atoms with van der Waals surface area (Å²) in [6.07, 6.45) is 3.39. The normalized spacial score (nSPS) is 10.6. The minimum atomic E-state index is -0.270. The summed E-state index contributed by atoms with van der Waals surface area (Å²) in [5, 5.41) is 6.93. The highest BCUT2D eigenvalue weighted by Crippen LogP contribution is 2.21. The van der Waals surface area contributed by atoms with Gasteiger partial charge in [-0.3, -0.25) is 9.48 Å². The molecule has 0 spiro atoms. The van der Waals surface area contributed by atoms with Gasteiger partial charge in [-0.2, -0.15) is 5.10 Å². The van der Waals surface area contributed by atoms with Crippen molar-refractivity contribution >= 4 is 17.3 Å². The van der Waals surface area contributed by atoms with Crippen LogP contribution >= 0.6 is 0 Å². The lowest BCUT2D eigenvalue weighted by Gasteiger charge is -2.08. The number of benzene rings is 1. The van der Waals surface area contributed by atoms with Crippen molar-refractivity contribution in [2.45, 2.75) is 19.9 Å². The lowest BCUT2D eigenvalue weighted by Crippen LogP contribution is -2.13. The molecule has 2 rings (SSSR count). The Kier molecular flexibility index (Phi) is 3.93. The largest absolute Gasteiger partial charge is 0.497 e. The van der Waals surface area contributed by atoms with Crippen molar-refractivity contribution in [2.75, 3.05) is 18.2 Å². The Morgan fingerprint density at radius 1 is 1.45 bits per heavy atom. The van der Waals surface area contributed by atoms with Crippen LogP contribution in [-0.4, -0.2) is 22.8 Å². The number of hydrogen-bond acceptors (Lipinski definition) is 4. The number of nitrogen functional groups attached to an aromatic ring is 1. The maximum Gasteiger partial charge on any atom is 0.257 e. The quantitative estimate of drug-likeness (QED) is 0.838. The van der Waals surface area contributed by atoms with Crippen LogP contribution in [0.15, 0.2) is 30.6 Å². The highest BCUT2D eigenvalue weighted by Gasteiger charge is 2.12. The molecule has 0 unspecified atom stereocenters. The Labute approximate surface area is 117 Å². The van der Waals surface area contributed by atoms with Crippen molar-refractivity contribution in [3.05, 3.63) is 36.2 Å². The van der Waals surface area contributed by atoms with E-state index in [4.69, 9.17) is 10.5 Å². The second kappa shape index (κ2) is 5.64. The van der Waals surface area contributed by atoms with Gasteiger partial charge in [-0.1, -0.05) is 0 Å². The summed E-state index contributed by atoms with van der Waals surface area (Å²) in [5.41, 5.74) is 7.26. The van der Waals surface area contributed by atoms with Gasteiger partial charge in [-0.15, -0.1) is 0 Å². The summed E-state index contributed by atoms with van der Waals surface area (Å²) < 4.78 is 6.82. The highest BCUT2D eigenvalue weighted by atomic mass is 16.5. The number of nitrogens with one attached hydrogen (secondary N) is 1. The first-order valence-electron chi connectivity index (χ1n) is 6.30. The van der Waals surface area contributed by atoms with Crippen LogP contribution in [-0.2, 0) is 0 Å². The molecule has 0 aliphatic heterocycles. The SMILES string of the molecule is COc1ccc(C(=O)Nc2cnn(C(C)C)c2)c(N)c1. The van der Waals surface area contributed by atoms with Crippen molar-refractivity contribution in [3.63, 3.8) is 0 Å². The fourth-order valence-electron chi connectivity index (χ4n) is 1.76. The van der Waals surface area contributed by atoms with Gasteiger partial charge in [0.15, 0.2) is 0 Å². The van der Waals surface area contributed by atoms with Crippen LogP contribution in [0.5, 0.6) is 5.75 Å². The standard InChI is InChI=1S/C14H18N4O2/c1-9(2)18-8-10(7-16-18)17-14(19)12-5-4-11(20-3)6-13(12)15/h4-9H,15H2,1-3H3,(H,17,19). The fraction of sp³-hybridized carbons (Fsp3) is 0.286. The van der Waals surface area contributed by atoms with Crippen LogP contribution in [0.4, 0.5) is 11.4 Å². The van der Waals surface area contributed by atoms with E-state index in [0.717, 1.165) is 0 Å². The van der Waals surface area contributed by atoms with E-state index < -0.39 is 0 Å². The van der Waals surface area contributed by atoms with Gasteiger partial charge >= 0.3 is 0 Å². The third-order valence-corrected chi connectivity index (χ3v) is 2.89. The van der Waals surface area contributed by atoms with E-state index >= 15 is 0 Å². The maximum atomic E-state index is 12.1. The molecule has 0 atom stereocenters. The highest BCUT2D eigenvalue weighted by molar-refractivity contribution is 6.07. The molecule has 0 saturated heterocycles. The molecular formula is C14H18N4O2. The molecule has 6 nitrogen and oxygen atoms in total. The summed E-state index contributed by atoms with van der Waals surface area (Å²) in [4.78, 5) is 12.1. The smallest absolute Gasteiger partial charge is 0.257 e. The first-order valence-corrected chi connectivity index (χ1v) is 6.30. The average Bonchev–Trinajstić information content (AvgIpc) is 2.87.